The number of piperazine rings is 1. The van der Waals surface area contributed by atoms with Gasteiger partial charge in [-0.05, 0) is 22.4 Å². The Morgan fingerprint density at radius 2 is 2.06 bits per heavy atom. The third-order valence-corrected chi connectivity index (χ3v) is 4.43. The zero-order valence-corrected chi connectivity index (χ0v) is 11.3. The summed E-state index contributed by atoms with van der Waals surface area (Å²) in [4.78, 5) is 2.46. The molecule has 96 valence electrons. The smallest absolute Gasteiger partial charge is 0.0484 e. The van der Waals surface area contributed by atoms with Gasteiger partial charge in [0.05, 0.1) is 0 Å². The molecule has 0 saturated carbocycles. The highest BCUT2D eigenvalue weighted by Crippen LogP contribution is 2.25. The van der Waals surface area contributed by atoms with Gasteiger partial charge in [-0.1, -0.05) is 18.2 Å². The third-order valence-electron chi connectivity index (χ3n) is 3.42. The Kier molecular flexibility index (Phi) is 3.90. The van der Waals surface area contributed by atoms with E-state index in [1.165, 1.54) is 15.6 Å². The highest BCUT2D eigenvalue weighted by molar-refractivity contribution is 7.17. The molecule has 1 fully saturated rings. The minimum absolute atomic E-state index is 0.966. The van der Waals surface area contributed by atoms with Gasteiger partial charge in [-0.15, -0.1) is 11.3 Å². The van der Waals surface area contributed by atoms with E-state index in [1.54, 1.807) is 0 Å². The SMILES string of the molecule is c1ccc2c(CNCN3CCNCC3)csc2c1. The Bertz CT molecular complexity index is 502. The van der Waals surface area contributed by atoms with Crippen LogP contribution in [0, 0.1) is 0 Å². The van der Waals surface area contributed by atoms with Crippen LogP contribution in [0.2, 0.25) is 0 Å². The fourth-order valence-corrected chi connectivity index (χ4v) is 3.35. The van der Waals surface area contributed by atoms with Crippen LogP contribution in [0.25, 0.3) is 10.1 Å². The summed E-state index contributed by atoms with van der Waals surface area (Å²) in [6, 6.07) is 8.64. The fourth-order valence-electron chi connectivity index (χ4n) is 2.39. The van der Waals surface area contributed by atoms with Crippen molar-refractivity contribution in [1.82, 2.24) is 15.5 Å². The lowest BCUT2D eigenvalue weighted by Gasteiger charge is -2.27. The Morgan fingerprint density at radius 3 is 2.94 bits per heavy atom. The van der Waals surface area contributed by atoms with E-state index in [0.29, 0.717) is 0 Å². The molecular formula is C14H19N3S. The molecule has 2 N–H and O–H groups in total. The first-order valence-corrected chi connectivity index (χ1v) is 7.40. The molecule has 2 heterocycles. The van der Waals surface area contributed by atoms with Crippen molar-refractivity contribution in [2.24, 2.45) is 0 Å². The van der Waals surface area contributed by atoms with Gasteiger partial charge in [-0.2, -0.15) is 0 Å². The average Bonchev–Trinajstić information content (AvgIpc) is 2.84. The summed E-state index contributed by atoms with van der Waals surface area (Å²) in [5.41, 5.74) is 1.42. The number of hydrogen-bond donors (Lipinski definition) is 2. The van der Waals surface area contributed by atoms with Gasteiger partial charge in [0.1, 0.15) is 0 Å². The Hall–Kier alpha value is -0.940. The lowest BCUT2D eigenvalue weighted by atomic mass is 10.2. The van der Waals surface area contributed by atoms with E-state index in [0.717, 1.165) is 39.4 Å². The molecule has 1 aromatic heterocycles. The number of benzene rings is 1. The van der Waals surface area contributed by atoms with Crippen molar-refractivity contribution in [1.29, 1.82) is 0 Å². The standard InChI is InChI=1S/C14H19N3S/c1-2-4-14-13(3-1)12(10-18-14)9-16-11-17-7-5-15-6-8-17/h1-4,10,15-16H,5-9,11H2. The van der Waals surface area contributed by atoms with Gasteiger partial charge >= 0.3 is 0 Å². The van der Waals surface area contributed by atoms with Crippen LogP contribution in [0.5, 0.6) is 0 Å². The van der Waals surface area contributed by atoms with Crippen molar-refractivity contribution in [2.75, 3.05) is 32.8 Å². The molecule has 0 bridgehead atoms. The number of hydrogen-bond acceptors (Lipinski definition) is 4. The molecule has 18 heavy (non-hydrogen) atoms. The predicted octanol–water partition coefficient (Wildman–Crippen LogP) is 1.85. The first-order valence-electron chi connectivity index (χ1n) is 6.52. The molecule has 1 aliphatic rings. The minimum atomic E-state index is 0.966. The maximum absolute atomic E-state index is 3.55. The Balaban J connectivity index is 1.56. The molecule has 3 nitrogen and oxygen atoms in total. The van der Waals surface area contributed by atoms with Crippen LogP contribution < -0.4 is 10.6 Å². The normalized spacial score (nSPS) is 17.3. The summed E-state index contributed by atoms with van der Waals surface area (Å²) in [5.74, 6) is 0. The lowest BCUT2D eigenvalue weighted by Crippen LogP contribution is -2.46. The fraction of sp³-hybridized carbons (Fsp3) is 0.429. The molecule has 1 aliphatic heterocycles. The monoisotopic (exact) mass is 261 g/mol. The average molecular weight is 261 g/mol. The molecule has 0 spiro atoms. The predicted molar refractivity (Wildman–Crippen MR) is 78.0 cm³/mol. The summed E-state index contributed by atoms with van der Waals surface area (Å²) in [5, 5.41) is 10.6. The van der Waals surface area contributed by atoms with Crippen LogP contribution >= 0.6 is 11.3 Å². The van der Waals surface area contributed by atoms with Crippen molar-refractivity contribution >= 4 is 21.4 Å². The molecule has 0 radical (unpaired) electrons. The van der Waals surface area contributed by atoms with E-state index < -0.39 is 0 Å². The van der Waals surface area contributed by atoms with Crippen molar-refractivity contribution in [2.45, 2.75) is 6.54 Å². The zero-order valence-electron chi connectivity index (χ0n) is 10.5. The second kappa shape index (κ2) is 5.80. The topological polar surface area (TPSA) is 27.3 Å². The Labute approximate surface area is 112 Å². The summed E-state index contributed by atoms with van der Waals surface area (Å²) in [6.45, 7) is 6.49. The first-order chi connectivity index (χ1) is 8.93. The summed E-state index contributed by atoms with van der Waals surface area (Å²) >= 11 is 1.84. The molecule has 0 aliphatic carbocycles. The molecule has 1 aromatic carbocycles. The van der Waals surface area contributed by atoms with Gasteiger partial charge in [0.25, 0.3) is 0 Å². The van der Waals surface area contributed by atoms with Crippen LogP contribution in [-0.2, 0) is 6.54 Å². The molecule has 0 unspecified atom stereocenters. The van der Waals surface area contributed by atoms with E-state index in [-0.39, 0.29) is 0 Å². The van der Waals surface area contributed by atoms with Crippen molar-refractivity contribution in [3.05, 3.63) is 35.2 Å². The molecule has 1 saturated heterocycles. The van der Waals surface area contributed by atoms with Gasteiger partial charge in [0, 0.05) is 44.1 Å². The zero-order chi connectivity index (χ0) is 12.2. The molecule has 0 amide bonds. The molecule has 3 rings (SSSR count). The van der Waals surface area contributed by atoms with E-state index in [4.69, 9.17) is 0 Å². The molecular weight excluding hydrogens is 242 g/mol. The van der Waals surface area contributed by atoms with E-state index in [9.17, 15) is 0 Å². The Morgan fingerprint density at radius 1 is 1.22 bits per heavy atom. The quantitative estimate of drug-likeness (QED) is 0.879. The van der Waals surface area contributed by atoms with Gasteiger partial charge in [0.15, 0.2) is 0 Å². The van der Waals surface area contributed by atoms with E-state index in [2.05, 4.69) is 45.2 Å². The van der Waals surface area contributed by atoms with Gasteiger partial charge in [-0.25, -0.2) is 0 Å². The van der Waals surface area contributed by atoms with Crippen LogP contribution in [0.3, 0.4) is 0 Å². The molecule has 4 heteroatoms. The maximum Gasteiger partial charge on any atom is 0.0484 e. The highest BCUT2D eigenvalue weighted by atomic mass is 32.1. The van der Waals surface area contributed by atoms with Crippen molar-refractivity contribution in [3.8, 4) is 0 Å². The summed E-state index contributed by atoms with van der Waals surface area (Å²) in [7, 11) is 0. The highest BCUT2D eigenvalue weighted by Gasteiger charge is 2.09. The summed E-state index contributed by atoms with van der Waals surface area (Å²) < 4.78 is 1.39. The van der Waals surface area contributed by atoms with E-state index in [1.807, 2.05) is 11.3 Å². The van der Waals surface area contributed by atoms with Gasteiger partial charge < -0.3 is 10.6 Å². The second-order valence-corrected chi connectivity index (χ2v) is 5.62. The third kappa shape index (κ3) is 2.72. The van der Waals surface area contributed by atoms with Crippen molar-refractivity contribution < 1.29 is 0 Å². The van der Waals surface area contributed by atoms with Gasteiger partial charge in [0.2, 0.25) is 0 Å². The van der Waals surface area contributed by atoms with Crippen LogP contribution in [0.4, 0.5) is 0 Å². The molecule has 0 atom stereocenters. The largest absolute Gasteiger partial charge is 0.314 e. The van der Waals surface area contributed by atoms with Crippen LogP contribution in [0.1, 0.15) is 5.56 Å². The molecule has 2 aromatic rings. The van der Waals surface area contributed by atoms with Crippen LogP contribution in [-0.4, -0.2) is 37.7 Å². The lowest BCUT2D eigenvalue weighted by molar-refractivity contribution is 0.223. The number of nitrogens with zero attached hydrogens (tertiary/aromatic N) is 1. The van der Waals surface area contributed by atoms with E-state index >= 15 is 0 Å². The second-order valence-electron chi connectivity index (χ2n) is 4.71. The van der Waals surface area contributed by atoms with Crippen molar-refractivity contribution in [3.63, 3.8) is 0 Å². The maximum atomic E-state index is 3.55. The first kappa shape index (κ1) is 12.1. The number of thiophene rings is 1. The number of rotatable bonds is 4. The summed E-state index contributed by atoms with van der Waals surface area (Å²) in [6.07, 6.45) is 0. The minimum Gasteiger partial charge on any atom is -0.314 e. The van der Waals surface area contributed by atoms with Gasteiger partial charge in [-0.3, -0.25) is 4.90 Å². The van der Waals surface area contributed by atoms with Crippen LogP contribution in [0.15, 0.2) is 29.6 Å². The number of nitrogens with one attached hydrogen (secondary N) is 2. The number of fused-ring (bicyclic) bond motifs is 1.